The summed E-state index contributed by atoms with van der Waals surface area (Å²) < 4.78 is 34.5. The number of nitrogens with one attached hydrogen (secondary N) is 1. The Morgan fingerprint density at radius 3 is 2.43 bits per heavy atom. The zero-order valence-corrected chi connectivity index (χ0v) is 12.1. The highest BCUT2D eigenvalue weighted by Crippen LogP contribution is 2.41. The summed E-state index contributed by atoms with van der Waals surface area (Å²) in [4.78, 5) is 12.2. The lowest BCUT2D eigenvalue weighted by Gasteiger charge is -2.17. The van der Waals surface area contributed by atoms with Gasteiger partial charge >= 0.3 is 6.29 Å². The van der Waals surface area contributed by atoms with Gasteiger partial charge in [0.05, 0.1) is 0 Å². The molecule has 0 bridgehead atoms. The third-order valence-corrected chi connectivity index (χ3v) is 3.27. The molecular formula is C15H19F2NO3. The number of carbonyl (C=O) groups is 1. The maximum absolute atomic E-state index is 12.9. The molecule has 0 unspecified atom stereocenters. The smallest absolute Gasteiger partial charge is 0.395 e. The molecule has 0 aromatic heterocycles. The third kappa shape index (κ3) is 3.83. The van der Waals surface area contributed by atoms with Crippen LogP contribution in [0.4, 0.5) is 8.78 Å². The van der Waals surface area contributed by atoms with Crippen LogP contribution in [0.3, 0.4) is 0 Å². The van der Waals surface area contributed by atoms with Gasteiger partial charge in [-0.2, -0.15) is 0 Å². The fourth-order valence-electron chi connectivity index (χ4n) is 2.34. The average Bonchev–Trinajstić information content (AvgIpc) is 2.71. The molecule has 1 aromatic rings. The predicted molar refractivity (Wildman–Crippen MR) is 73.7 cm³/mol. The quantitative estimate of drug-likeness (QED) is 0.871. The zero-order valence-electron chi connectivity index (χ0n) is 12.1. The van der Waals surface area contributed by atoms with Gasteiger partial charge in [0.25, 0.3) is 5.91 Å². The second-order valence-electron chi connectivity index (χ2n) is 5.08. The number of amides is 1. The van der Waals surface area contributed by atoms with Gasteiger partial charge in [0.1, 0.15) is 0 Å². The number of hydrogen-bond acceptors (Lipinski definition) is 3. The molecule has 1 amide bonds. The number of ether oxygens (including phenoxy) is 2. The largest absolute Gasteiger partial charge is 0.586 e. The molecule has 1 aliphatic rings. The van der Waals surface area contributed by atoms with Gasteiger partial charge in [0, 0.05) is 11.6 Å². The van der Waals surface area contributed by atoms with E-state index in [-0.39, 0.29) is 29.0 Å². The molecule has 1 heterocycles. The van der Waals surface area contributed by atoms with Crippen molar-refractivity contribution < 1.29 is 23.0 Å². The summed E-state index contributed by atoms with van der Waals surface area (Å²) in [6.07, 6.45) is 0.0609. The van der Waals surface area contributed by atoms with E-state index in [1.54, 1.807) is 0 Å². The molecule has 0 saturated carbocycles. The van der Waals surface area contributed by atoms with E-state index < -0.39 is 6.29 Å². The predicted octanol–water partition coefficient (Wildman–Crippen LogP) is 3.71. The summed E-state index contributed by atoms with van der Waals surface area (Å²) in [7, 11) is 0. The minimum absolute atomic E-state index is 0.0600. The molecule has 116 valence electrons. The topological polar surface area (TPSA) is 47.6 Å². The van der Waals surface area contributed by atoms with E-state index in [4.69, 9.17) is 0 Å². The molecule has 1 aliphatic heterocycles. The molecule has 1 N–H and O–H groups in total. The van der Waals surface area contributed by atoms with Gasteiger partial charge in [-0.15, -0.1) is 8.78 Å². The molecule has 0 radical (unpaired) electrons. The van der Waals surface area contributed by atoms with Crippen LogP contribution in [0.25, 0.3) is 0 Å². The fraction of sp³-hybridized carbons (Fsp3) is 0.533. The molecule has 4 nitrogen and oxygen atoms in total. The molecule has 2 rings (SSSR count). The second-order valence-corrected chi connectivity index (χ2v) is 5.08. The van der Waals surface area contributed by atoms with E-state index in [2.05, 4.69) is 28.6 Å². The summed E-state index contributed by atoms with van der Waals surface area (Å²) in [6, 6.07) is 4.15. The summed E-state index contributed by atoms with van der Waals surface area (Å²) >= 11 is 0. The average molecular weight is 299 g/mol. The van der Waals surface area contributed by atoms with E-state index in [1.165, 1.54) is 18.2 Å². The van der Waals surface area contributed by atoms with Gasteiger partial charge in [-0.25, -0.2) is 0 Å². The van der Waals surface area contributed by atoms with Gasteiger partial charge in [-0.3, -0.25) is 4.79 Å². The van der Waals surface area contributed by atoms with Crippen molar-refractivity contribution in [2.24, 2.45) is 0 Å². The number of carbonyl (C=O) groups excluding carboxylic acids is 1. The molecule has 6 heteroatoms. The Hall–Kier alpha value is -1.85. The van der Waals surface area contributed by atoms with Crippen LogP contribution in [0.15, 0.2) is 18.2 Å². The number of alkyl halides is 2. The van der Waals surface area contributed by atoms with Gasteiger partial charge in [-0.05, 0) is 31.0 Å². The number of fused-ring (bicyclic) bond motifs is 1. The standard InChI is InChI=1S/C15H19F2NO3/c1-3-5-11(6-4-2)18-14(19)10-7-8-12-13(9-10)21-15(16,17)20-12/h7-9,11H,3-6H2,1-2H3,(H,18,19). The summed E-state index contributed by atoms with van der Waals surface area (Å²) in [5.41, 5.74) is 0.284. The van der Waals surface area contributed by atoms with Crippen molar-refractivity contribution in [3.05, 3.63) is 23.8 Å². The minimum Gasteiger partial charge on any atom is -0.395 e. The first kappa shape index (κ1) is 15.5. The number of rotatable bonds is 6. The fourth-order valence-corrected chi connectivity index (χ4v) is 2.34. The Bertz CT molecular complexity index is 514. The van der Waals surface area contributed by atoms with Crippen LogP contribution in [0, 0.1) is 0 Å². The van der Waals surface area contributed by atoms with Gasteiger partial charge in [0.2, 0.25) is 0 Å². The van der Waals surface area contributed by atoms with Crippen LogP contribution in [-0.4, -0.2) is 18.2 Å². The van der Waals surface area contributed by atoms with Crippen molar-refractivity contribution in [2.45, 2.75) is 51.9 Å². The molecule has 0 aliphatic carbocycles. The summed E-state index contributed by atoms with van der Waals surface area (Å²) in [6.45, 7) is 4.11. The van der Waals surface area contributed by atoms with E-state index in [9.17, 15) is 13.6 Å². The monoisotopic (exact) mass is 299 g/mol. The number of hydrogen-bond donors (Lipinski definition) is 1. The van der Waals surface area contributed by atoms with Crippen LogP contribution < -0.4 is 14.8 Å². The van der Waals surface area contributed by atoms with E-state index in [0.29, 0.717) is 0 Å². The Morgan fingerprint density at radius 1 is 1.19 bits per heavy atom. The van der Waals surface area contributed by atoms with Crippen LogP contribution in [-0.2, 0) is 0 Å². The molecule has 0 fully saturated rings. The van der Waals surface area contributed by atoms with E-state index in [1.807, 2.05) is 0 Å². The van der Waals surface area contributed by atoms with Gasteiger partial charge < -0.3 is 14.8 Å². The van der Waals surface area contributed by atoms with Crippen molar-refractivity contribution in [3.8, 4) is 11.5 Å². The molecule has 1 aromatic carbocycles. The van der Waals surface area contributed by atoms with Crippen molar-refractivity contribution >= 4 is 5.91 Å². The van der Waals surface area contributed by atoms with Crippen LogP contribution in [0.1, 0.15) is 49.9 Å². The van der Waals surface area contributed by atoms with Gasteiger partial charge in [0.15, 0.2) is 11.5 Å². The molecule has 0 saturated heterocycles. The summed E-state index contributed by atoms with van der Waals surface area (Å²) in [5.74, 6) is -0.464. The van der Waals surface area contributed by atoms with Crippen molar-refractivity contribution in [1.29, 1.82) is 0 Å². The third-order valence-electron chi connectivity index (χ3n) is 3.27. The Labute approximate surface area is 122 Å². The first-order valence-corrected chi connectivity index (χ1v) is 7.16. The zero-order chi connectivity index (χ0) is 15.5. The van der Waals surface area contributed by atoms with Crippen LogP contribution in [0.2, 0.25) is 0 Å². The van der Waals surface area contributed by atoms with Crippen LogP contribution in [0.5, 0.6) is 11.5 Å². The van der Waals surface area contributed by atoms with E-state index >= 15 is 0 Å². The molecular weight excluding hydrogens is 280 g/mol. The lowest BCUT2D eigenvalue weighted by Crippen LogP contribution is -2.34. The number of halogens is 2. The SMILES string of the molecule is CCCC(CCC)NC(=O)c1ccc2c(c1)OC(F)(F)O2. The van der Waals surface area contributed by atoms with E-state index in [0.717, 1.165) is 25.7 Å². The lowest BCUT2D eigenvalue weighted by atomic mass is 10.1. The Balaban J connectivity index is 2.07. The van der Waals surface area contributed by atoms with Crippen molar-refractivity contribution in [2.75, 3.05) is 0 Å². The molecule has 0 atom stereocenters. The van der Waals surface area contributed by atoms with Crippen molar-refractivity contribution in [1.82, 2.24) is 5.32 Å². The normalized spacial score (nSPS) is 15.3. The number of benzene rings is 1. The first-order chi connectivity index (χ1) is 9.95. The van der Waals surface area contributed by atoms with Gasteiger partial charge in [-0.1, -0.05) is 26.7 Å². The minimum atomic E-state index is -3.66. The maximum atomic E-state index is 12.9. The second kappa shape index (κ2) is 6.28. The maximum Gasteiger partial charge on any atom is 0.586 e. The highest BCUT2D eigenvalue weighted by molar-refractivity contribution is 5.95. The summed E-state index contributed by atoms with van der Waals surface area (Å²) in [5, 5.41) is 2.92. The van der Waals surface area contributed by atoms with Crippen molar-refractivity contribution in [3.63, 3.8) is 0 Å². The first-order valence-electron chi connectivity index (χ1n) is 7.16. The highest BCUT2D eigenvalue weighted by Gasteiger charge is 2.43. The van der Waals surface area contributed by atoms with Crippen LogP contribution >= 0.6 is 0 Å². The highest BCUT2D eigenvalue weighted by atomic mass is 19.3. The molecule has 0 spiro atoms. The Morgan fingerprint density at radius 2 is 1.81 bits per heavy atom. The molecule has 21 heavy (non-hydrogen) atoms. The lowest BCUT2D eigenvalue weighted by molar-refractivity contribution is -0.286. The Kier molecular flexibility index (Phi) is 4.65.